The summed E-state index contributed by atoms with van der Waals surface area (Å²) in [7, 11) is 0. The Kier molecular flexibility index (Phi) is 2.89. The molecule has 3 nitrogen and oxygen atoms in total. The van der Waals surface area contributed by atoms with Gasteiger partial charge in [-0.1, -0.05) is 18.2 Å². The van der Waals surface area contributed by atoms with Crippen LogP contribution in [0.3, 0.4) is 0 Å². The molecule has 116 valence electrons. The molecule has 1 saturated carbocycles. The first-order valence-electron chi connectivity index (χ1n) is 8.81. The number of aliphatic hydroxyl groups is 1. The van der Waals surface area contributed by atoms with Gasteiger partial charge in [0.15, 0.2) is 0 Å². The van der Waals surface area contributed by atoms with Crippen LogP contribution in [0.5, 0.6) is 0 Å². The zero-order chi connectivity index (χ0) is 14.7. The Morgan fingerprint density at radius 1 is 1.09 bits per heavy atom. The van der Waals surface area contributed by atoms with Crippen molar-refractivity contribution in [3.05, 3.63) is 35.5 Å². The number of nitrogens with one attached hydrogen (secondary N) is 1. The zero-order valence-electron chi connectivity index (χ0n) is 13.0. The molecule has 5 rings (SSSR count). The average molecular weight is 296 g/mol. The molecule has 1 saturated heterocycles. The second-order valence-electron chi connectivity index (χ2n) is 7.55. The summed E-state index contributed by atoms with van der Waals surface area (Å²) < 4.78 is 0. The molecule has 3 heteroatoms. The molecule has 3 heterocycles. The lowest BCUT2D eigenvalue weighted by molar-refractivity contribution is -0.0107. The van der Waals surface area contributed by atoms with E-state index in [1.165, 1.54) is 48.9 Å². The number of aliphatic hydroxyl groups excluding tert-OH is 1. The van der Waals surface area contributed by atoms with Gasteiger partial charge in [0.05, 0.1) is 12.1 Å². The fourth-order valence-corrected chi connectivity index (χ4v) is 5.27. The van der Waals surface area contributed by atoms with E-state index in [4.69, 9.17) is 0 Å². The van der Waals surface area contributed by atoms with Gasteiger partial charge in [-0.3, -0.25) is 4.90 Å². The quantitative estimate of drug-likeness (QED) is 0.783. The van der Waals surface area contributed by atoms with Crippen LogP contribution < -0.4 is 0 Å². The Balaban J connectivity index is 1.53. The summed E-state index contributed by atoms with van der Waals surface area (Å²) in [6, 6.07) is 9.28. The van der Waals surface area contributed by atoms with Crippen molar-refractivity contribution in [3.8, 4) is 0 Å². The number of aromatic nitrogens is 1. The number of H-pyrrole nitrogens is 1. The van der Waals surface area contributed by atoms with E-state index in [-0.39, 0.29) is 6.10 Å². The smallest absolute Gasteiger partial charge is 0.0543 e. The van der Waals surface area contributed by atoms with E-state index < -0.39 is 0 Å². The van der Waals surface area contributed by atoms with Gasteiger partial charge in [0.1, 0.15) is 0 Å². The highest BCUT2D eigenvalue weighted by Crippen LogP contribution is 2.46. The van der Waals surface area contributed by atoms with Gasteiger partial charge >= 0.3 is 0 Å². The van der Waals surface area contributed by atoms with Crippen LogP contribution in [0, 0.1) is 11.8 Å². The minimum Gasteiger partial charge on any atom is -0.393 e. The first-order chi connectivity index (χ1) is 10.8. The van der Waals surface area contributed by atoms with Gasteiger partial charge in [0.25, 0.3) is 0 Å². The van der Waals surface area contributed by atoms with E-state index in [2.05, 4.69) is 34.1 Å². The van der Waals surface area contributed by atoms with Crippen LogP contribution in [0.15, 0.2) is 24.3 Å². The van der Waals surface area contributed by atoms with E-state index >= 15 is 0 Å². The normalized spacial score (nSPS) is 35.0. The van der Waals surface area contributed by atoms with E-state index in [1.54, 1.807) is 5.56 Å². The second-order valence-corrected chi connectivity index (χ2v) is 7.55. The molecule has 0 amide bonds. The summed E-state index contributed by atoms with van der Waals surface area (Å²) in [6.45, 7) is 2.43. The lowest BCUT2D eigenvalue weighted by Crippen LogP contribution is -2.48. The van der Waals surface area contributed by atoms with E-state index in [0.717, 1.165) is 18.8 Å². The maximum Gasteiger partial charge on any atom is 0.0543 e. The van der Waals surface area contributed by atoms with E-state index in [0.29, 0.717) is 12.0 Å². The zero-order valence-corrected chi connectivity index (χ0v) is 13.0. The standard InChI is InChI=1S/C19H24N2O/c22-14-6-5-12-11-21-8-7-16-15-3-1-2-4-17(15)20-19(16)18(21)10-13(12)9-14/h1-4,12-14,18,20,22H,5-11H2/t12-,13+,14+,18+/m1/s1. The number of benzene rings is 1. The van der Waals surface area contributed by atoms with E-state index in [1.807, 2.05) is 0 Å². The molecular formula is C19H24N2O. The lowest BCUT2D eigenvalue weighted by Gasteiger charge is -2.48. The van der Waals surface area contributed by atoms with Crippen LogP contribution in [0.1, 0.15) is 43.0 Å². The van der Waals surface area contributed by atoms with Gasteiger partial charge in [-0.2, -0.15) is 0 Å². The maximum absolute atomic E-state index is 10.0. The molecule has 1 aromatic carbocycles. The Hall–Kier alpha value is -1.32. The van der Waals surface area contributed by atoms with Crippen molar-refractivity contribution in [3.63, 3.8) is 0 Å². The van der Waals surface area contributed by atoms with Gasteiger partial charge in [0.2, 0.25) is 0 Å². The first kappa shape index (κ1) is 13.1. The summed E-state index contributed by atoms with van der Waals surface area (Å²) >= 11 is 0. The summed E-state index contributed by atoms with van der Waals surface area (Å²) in [5.41, 5.74) is 4.30. The van der Waals surface area contributed by atoms with Crippen LogP contribution in [-0.4, -0.2) is 34.2 Å². The molecule has 4 atom stereocenters. The Morgan fingerprint density at radius 2 is 2.00 bits per heavy atom. The number of piperidine rings is 1. The largest absolute Gasteiger partial charge is 0.393 e. The third kappa shape index (κ3) is 1.88. The summed E-state index contributed by atoms with van der Waals surface area (Å²) in [5.74, 6) is 1.52. The molecule has 0 spiro atoms. The van der Waals surface area contributed by atoms with E-state index in [9.17, 15) is 5.11 Å². The fraction of sp³-hybridized carbons (Fsp3) is 0.579. The highest BCUT2D eigenvalue weighted by molar-refractivity contribution is 5.85. The second kappa shape index (κ2) is 4.84. The molecular weight excluding hydrogens is 272 g/mol. The number of fused-ring (bicyclic) bond motifs is 6. The number of aromatic amines is 1. The first-order valence-corrected chi connectivity index (χ1v) is 8.81. The predicted molar refractivity (Wildman–Crippen MR) is 87.8 cm³/mol. The minimum absolute atomic E-state index is 0.0569. The molecule has 1 aliphatic carbocycles. The van der Waals surface area contributed by atoms with Crippen LogP contribution in [0.25, 0.3) is 10.9 Å². The average Bonchev–Trinajstić information content (AvgIpc) is 2.92. The number of hydrogen-bond acceptors (Lipinski definition) is 2. The predicted octanol–water partition coefficient (Wildman–Crippen LogP) is 3.25. The monoisotopic (exact) mass is 296 g/mol. The molecule has 3 aliphatic rings. The summed E-state index contributed by atoms with van der Waals surface area (Å²) in [4.78, 5) is 6.42. The van der Waals surface area contributed by atoms with Crippen LogP contribution in [0.4, 0.5) is 0 Å². The molecule has 0 radical (unpaired) electrons. The third-order valence-corrected chi connectivity index (χ3v) is 6.38. The molecule has 0 unspecified atom stereocenters. The number of para-hydroxylation sites is 1. The highest BCUT2D eigenvalue weighted by Gasteiger charge is 2.42. The fourth-order valence-electron chi connectivity index (χ4n) is 5.27. The van der Waals surface area contributed by atoms with Gasteiger partial charge in [-0.15, -0.1) is 0 Å². The number of hydrogen-bond donors (Lipinski definition) is 2. The van der Waals surface area contributed by atoms with Gasteiger partial charge < -0.3 is 10.1 Å². The van der Waals surface area contributed by atoms with Gasteiger partial charge in [-0.05, 0) is 55.6 Å². The van der Waals surface area contributed by atoms with Crippen molar-refractivity contribution >= 4 is 10.9 Å². The van der Waals surface area contributed by atoms with Crippen molar-refractivity contribution in [1.29, 1.82) is 0 Å². The molecule has 1 aromatic heterocycles. The summed E-state index contributed by atoms with van der Waals surface area (Å²) in [6.07, 6.45) is 5.59. The Bertz CT molecular complexity index is 707. The number of nitrogens with zero attached hydrogens (tertiary/aromatic N) is 1. The lowest BCUT2D eigenvalue weighted by atomic mass is 9.70. The molecule has 2 fully saturated rings. The minimum atomic E-state index is -0.0569. The van der Waals surface area contributed by atoms with Crippen molar-refractivity contribution in [2.45, 2.75) is 44.2 Å². The molecule has 0 bridgehead atoms. The number of rotatable bonds is 0. The SMILES string of the molecule is O[C@H]1CC[C@@H]2CN3CCc4c([nH]c5ccccc45)[C@@H]3C[C@@H]2C1. The van der Waals surface area contributed by atoms with Crippen molar-refractivity contribution in [2.24, 2.45) is 11.8 Å². The van der Waals surface area contributed by atoms with Gasteiger partial charge in [-0.25, -0.2) is 0 Å². The molecule has 2 N–H and O–H groups in total. The van der Waals surface area contributed by atoms with Crippen LogP contribution in [0.2, 0.25) is 0 Å². The highest BCUT2D eigenvalue weighted by atomic mass is 16.3. The Morgan fingerprint density at radius 3 is 2.95 bits per heavy atom. The van der Waals surface area contributed by atoms with Crippen molar-refractivity contribution < 1.29 is 5.11 Å². The van der Waals surface area contributed by atoms with Crippen LogP contribution >= 0.6 is 0 Å². The summed E-state index contributed by atoms with van der Waals surface area (Å²) in [5, 5.41) is 11.5. The van der Waals surface area contributed by atoms with Crippen molar-refractivity contribution in [2.75, 3.05) is 13.1 Å². The van der Waals surface area contributed by atoms with Crippen LogP contribution in [-0.2, 0) is 6.42 Å². The van der Waals surface area contributed by atoms with Gasteiger partial charge in [0, 0.05) is 29.7 Å². The molecule has 2 aromatic rings. The third-order valence-electron chi connectivity index (χ3n) is 6.38. The molecule has 2 aliphatic heterocycles. The maximum atomic E-state index is 10.0. The topological polar surface area (TPSA) is 39.3 Å². The molecule has 22 heavy (non-hydrogen) atoms. The van der Waals surface area contributed by atoms with Crippen molar-refractivity contribution in [1.82, 2.24) is 9.88 Å². The Labute approximate surface area is 131 Å².